The Hall–Kier alpha value is -11.8. The van der Waals surface area contributed by atoms with Gasteiger partial charge in [-0.05, 0) is 118 Å². The van der Waals surface area contributed by atoms with Crippen molar-refractivity contribution in [2.45, 2.75) is 0 Å². The van der Waals surface area contributed by atoms with E-state index in [2.05, 4.69) is 403 Å². The number of rotatable bonds is 13. The van der Waals surface area contributed by atoms with Gasteiger partial charge in [-0.1, -0.05) is 340 Å². The molecular formula is C90H64BN3Si2. The van der Waals surface area contributed by atoms with Crippen LogP contribution in [-0.2, 0) is 0 Å². The number of benzene rings is 15. The fraction of sp³-hybridized carbons (Fsp3) is 0. The van der Waals surface area contributed by atoms with Gasteiger partial charge in [0.1, 0.15) is 0 Å². The van der Waals surface area contributed by atoms with Crippen molar-refractivity contribution in [3.05, 3.63) is 388 Å². The highest BCUT2D eigenvalue weighted by Gasteiger charge is 2.48. The molecule has 16 aromatic rings. The number of para-hydroxylation sites is 4. The minimum absolute atomic E-state index is 0.198. The normalized spacial score (nSPS) is 12.5. The van der Waals surface area contributed by atoms with E-state index in [9.17, 15) is 0 Å². The highest BCUT2D eigenvalue weighted by Crippen LogP contribution is 2.50. The number of aromatic nitrogens is 1. The molecule has 15 aromatic carbocycles. The molecule has 0 amide bonds. The van der Waals surface area contributed by atoms with E-state index in [0.717, 1.165) is 50.6 Å². The number of anilines is 6. The second kappa shape index (κ2) is 23.6. The van der Waals surface area contributed by atoms with Crippen LogP contribution in [0.3, 0.4) is 0 Å². The molecule has 0 bridgehead atoms. The minimum Gasteiger partial charge on any atom is -0.311 e. The van der Waals surface area contributed by atoms with Crippen LogP contribution in [0.1, 0.15) is 0 Å². The van der Waals surface area contributed by atoms with Gasteiger partial charge in [0, 0.05) is 56.0 Å². The highest BCUT2D eigenvalue weighted by molar-refractivity contribution is 7.20. The quantitative estimate of drug-likeness (QED) is 0.0842. The maximum Gasteiger partial charge on any atom is 0.252 e. The van der Waals surface area contributed by atoms with Crippen molar-refractivity contribution in [2.24, 2.45) is 0 Å². The van der Waals surface area contributed by atoms with Crippen LogP contribution in [0.25, 0.3) is 49.7 Å². The van der Waals surface area contributed by atoms with Gasteiger partial charge in [0.15, 0.2) is 16.1 Å². The first-order valence-corrected chi connectivity index (χ1v) is 37.4. The number of fused-ring (bicyclic) bond motifs is 7. The molecule has 2 aliphatic heterocycles. The molecule has 0 atom stereocenters. The molecule has 0 unspecified atom stereocenters. The molecule has 0 saturated heterocycles. The van der Waals surface area contributed by atoms with Gasteiger partial charge in [0.25, 0.3) is 6.71 Å². The molecule has 0 radical (unpaired) electrons. The van der Waals surface area contributed by atoms with E-state index in [0.29, 0.717) is 0 Å². The Balaban J connectivity index is 0.995. The molecule has 1 aromatic heterocycles. The predicted molar refractivity (Wildman–Crippen MR) is 413 cm³/mol. The first-order valence-electron chi connectivity index (χ1n) is 33.4. The lowest BCUT2D eigenvalue weighted by atomic mass is 9.33. The molecule has 3 heterocycles. The van der Waals surface area contributed by atoms with Crippen LogP contribution >= 0.6 is 0 Å². The summed E-state index contributed by atoms with van der Waals surface area (Å²) in [6.07, 6.45) is 0. The lowest BCUT2D eigenvalue weighted by Crippen LogP contribution is -2.74. The van der Waals surface area contributed by atoms with Crippen molar-refractivity contribution in [2.75, 3.05) is 9.80 Å². The third-order valence-electron chi connectivity index (χ3n) is 20.4. The standard InChI is InChI=1S/C90H64BN3Si2/c1-9-33-65(34-10-1)78-55-31-57-82-89(78)93(67-37-29-51-76(61-67)95(70-39-13-3-14-40-70,71-41-15-4-16-42-71)72-43-17-5-18-44-72)86-63-69(92-84-59-27-25-53-80(84)81-54-26-28-60-85(81)92)64-87-88(86)91(82)83-58-32-56-79(66-35-11-2-12-36-66)90(83)94(87)68-38-30-52-77(62-68)96(73-45-19-6-20-46-73,74-47-21-7-22-48-74)75-49-23-8-24-50-75/h1-64H. The largest absolute Gasteiger partial charge is 0.311 e. The van der Waals surface area contributed by atoms with Gasteiger partial charge in [-0.2, -0.15) is 0 Å². The summed E-state index contributed by atoms with van der Waals surface area (Å²) in [5.41, 5.74) is 18.6. The van der Waals surface area contributed by atoms with Crippen LogP contribution in [0, 0.1) is 0 Å². The Labute approximate surface area is 563 Å². The van der Waals surface area contributed by atoms with Gasteiger partial charge in [-0.15, -0.1) is 0 Å². The summed E-state index contributed by atoms with van der Waals surface area (Å²) >= 11 is 0. The summed E-state index contributed by atoms with van der Waals surface area (Å²) in [7, 11) is -6.13. The molecule has 18 rings (SSSR count). The average Bonchev–Trinajstić information content (AvgIpc) is 0.763. The van der Waals surface area contributed by atoms with Crippen LogP contribution in [0.5, 0.6) is 0 Å². The Morgan fingerprint density at radius 1 is 0.229 bits per heavy atom. The fourth-order valence-electron chi connectivity index (χ4n) is 16.5. The molecule has 0 fully saturated rings. The first kappa shape index (κ1) is 56.9. The zero-order valence-corrected chi connectivity index (χ0v) is 54.9. The third kappa shape index (κ3) is 8.94. The molecular weight excluding hydrogens is 1190 g/mol. The topological polar surface area (TPSA) is 11.4 Å². The average molecular weight is 1250 g/mol. The molecule has 96 heavy (non-hydrogen) atoms. The second-order valence-electron chi connectivity index (χ2n) is 25.4. The third-order valence-corrected chi connectivity index (χ3v) is 30.0. The van der Waals surface area contributed by atoms with Gasteiger partial charge in [0.2, 0.25) is 0 Å². The smallest absolute Gasteiger partial charge is 0.252 e. The molecule has 0 N–H and O–H groups in total. The summed E-state index contributed by atoms with van der Waals surface area (Å²) in [6.45, 7) is -0.198. The van der Waals surface area contributed by atoms with Crippen LogP contribution in [0.4, 0.5) is 34.1 Å². The lowest BCUT2D eigenvalue weighted by Gasteiger charge is -2.46. The molecule has 2 aliphatic rings. The van der Waals surface area contributed by atoms with Gasteiger partial charge in [-0.25, -0.2) is 0 Å². The lowest BCUT2D eigenvalue weighted by molar-refractivity contribution is 1.16. The molecule has 3 nitrogen and oxygen atoms in total. The van der Waals surface area contributed by atoms with E-state index in [1.807, 2.05) is 0 Å². The molecule has 6 heteroatoms. The van der Waals surface area contributed by atoms with Gasteiger partial charge in [0.05, 0.1) is 16.7 Å². The number of hydrogen-bond acceptors (Lipinski definition) is 2. The summed E-state index contributed by atoms with van der Waals surface area (Å²) in [4.78, 5) is 5.35. The van der Waals surface area contributed by atoms with Crippen molar-refractivity contribution >= 4 is 137 Å². The highest BCUT2D eigenvalue weighted by atomic mass is 28.3. The summed E-state index contributed by atoms with van der Waals surface area (Å²) in [6, 6.07) is 147. The van der Waals surface area contributed by atoms with Crippen molar-refractivity contribution in [1.82, 2.24) is 4.57 Å². The SMILES string of the molecule is c1ccc(-c2cccc3c2N(c2cccc([Si](c4ccccc4)(c4ccccc4)c4ccccc4)c2)c2cc(-n4c5ccccc5c5ccccc54)cc4c2B3c2cccc(-c3ccccc3)c2N4c2cccc([Si](c3ccccc3)(c3ccccc3)c3ccccc3)c2)cc1. The summed E-state index contributed by atoms with van der Waals surface area (Å²) in [5.74, 6) is 0. The van der Waals surface area contributed by atoms with E-state index in [1.165, 1.54) is 91.2 Å². The Morgan fingerprint density at radius 3 is 0.865 bits per heavy atom. The van der Waals surface area contributed by atoms with Crippen molar-refractivity contribution in [3.63, 3.8) is 0 Å². The van der Waals surface area contributed by atoms with E-state index in [4.69, 9.17) is 0 Å². The molecule has 0 saturated carbocycles. The molecule has 0 spiro atoms. The monoisotopic (exact) mass is 1250 g/mol. The number of hydrogen-bond donors (Lipinski definition) is 0. The first-order chi connectivity index (χ1) is 47.7. The van der Waals surface area contributed by atoms with Crippen LogP contribution in [0.15, 0.2) is 388 Å². The van der Waals surface area contributed by atoms with E-state index in [1.54, 1.807) is 0 Å². The van der Waals surface area contributed by atoms with E-state index in [-0.39, 0.29) is 6.71 Å². The fourth-order valence-corrected chi connectivity index (χ4v) is 26.1. The summed E-state index contributed by atoms with van der Waals surface area (Å²) in [5, 5.41) is 13.0. The second-order valence-corrected chi connectivity index (χ2v) is 33.0. The van der Waals surface area contributed by atoms with Crippen LogP contribution in [-0.4, -0.2) is 27.4 Å². The van der Waals surface area contributed by atoms with E-state index < -0.39 is 16.1 Å². The van der Waals surface area contributed by atoms with Gasteiger partial charge < -0.3 is 14.4 Å². The van der Waals surface area contributed by atoms with Crippen LogP contribution < -0.4 is 67.7 Å². The van der Waals surface area contributed by atoms with Gasteiger partial charge >= 0.3 is 0 Å². The Morgan fingerprint density at radius 2 is 0.521 bits per heavy atom. The van der Waals surface area contributed by atoms with Crippen molar-refractivity contribution in [1.29, 1.82) is 0 Å². The van der Waals surface area contributed by atoms with Crippen molar-refractivity contribution in [3.8, 4) is 27.9 Å². The Bertz CT molecular complexity index is 5010. The molecule has 450 valence electrons. The number of nitrogens with zero attached hydrogens (tertiary/aromatic N) is 3. The van der Waals surface area contributed by atoms with Crippen molar-refractivity contribution < 1.29 is 0 Å². The van der Waals surface area contributed by atoms with Crippen LogP contribution in [0.2, 0.25) is 0 Å². The zero-order valence-electron chi connectivity index (χ0n) is 52.9. The van der Waals surface area contributed by atoms with Gasteiger partial charge in [-0.3, -0.25) is 0 Å². The molecule has 0 aliphatic carbocycles. The Kier molecular flexibility index (Phi) is 14.0. The summed E-state index contributed by atoms with van der Waals surface area (Å²) < 4.78 is 2.53. The van der Waals surface area contributed by atoms with E-state index >= 15 is 0 Å². The maximum absolute atomic E-state index is 3.06. The maximum atomic E-state index is 2.67. The zero-order chi connectivity index (χ0) is 63.6. The predicted octanol–water partition coefficient (Wildman–Crippen LogP) is 15.0. The minimum atomic E-state index is -3.06.